The van der Waals surface area contributed by atoms with Crippen molar-refractivity contribution >= 4 is 17.5 Å². The first-order valence-corrected chi connectivity index (χ1v) is 7.71. The fraction of sp³-hybridized carbons (Fsp3) is 0.263. The topological polar surface area (TPSA) is 58.2 Å². The number of carbonyl (C=O) groups is 2. The van der Waals surface area contributed by atoms with Gasteiger partial charge >= 0.3 is 0 Å². The molecule has 0 heterocycles. The van der Waals surface area contributed by atoms with E-state index >= 15 is 0 Å². The second-order valence-electron chi connectivity index (χ2n) is 5.87. The molecule has 1 unspecified atom stereocenters. The Morgan fingerprint density at radius 2 is 1.52 bits per heavy atom. The van der Waals surface area contributed by atoms with Crippen molar-refractivity contribution in [2.45, 2.75) is 26.8 Å². The molecular formula is C19H22N2O2. The van der Waals surface area contributed by atoms with Crippen LogP contribution in [0.2, 0.25) is 0 Å². The Balaban J connectivity index is 2.10. The van der Waals surface area contributed by atoms with Crippen molar-refractivity contribution in [2.75, 3.05) is 5.32 Å². The minimum absolute atomic E-state index is 0.0216. The van der Waals surface area contributed by atoms with Gasteiger partial charge in [0, 0.05) is 11.3 Å². The number of para-hydroxylation sites is 1. The van der Waals surface area contributed by atoms with Gasteiger partial charge < -0.3 is 10.6 Å². The summed E-state index contributed by atoms with van der Waals surface area (Å²) in [6.45, 7) is 5.75. The number of anilines is 1. The number of carbonyl (C=O) groups excluding carboxylic acids is 2. The van der Waals surface area contributed by atoms with E-state index in [0.29, 0.717) is 5.56 Å². The largest absolute Gasteiger partial charge is 0.340 e. The molecule has 0 fully saturated rings. The first kappa shape index (κ1) is 16.7. The van der Waals surface area contributed by atoms with E-state index in [1.54, 1.807) is 24.3 Å². The highest BCUT2D eigenvalue weighted by atomic mass is 16.2. The van der Waals surface area contributed by atoms with Gasteiger partial charge in [0.25, 0.3) is 5.91 Å². The first-order valence-electron chi connectivity index (χ1n) is 7.71. The van der Waals surface area contributed by atoms with Gasteiger partial charge in [0.05, 0.1) is 0 Å². The summed E-state index contributed by atoms with van der Waals surface area (Å²) >= 11 is 0. The number of hydrogen-bond acceptors (Lipinski definition) is 2. The fourth-order valence-electron chi connectivity index (χ4n) is 2.27. The number of nitrogens with one attached hydrogen (secondary N) is 2. The minimum atomic E-state index is -0.595. The van der Waals surface area contributed by atoms with Gasteiger partial charge in [-0.05, 0) is 36.6 Å². The molecule has 2 aromatic rings. The molecule has 0 aliphatic rings. The van der Waals surface area contributed by atoms with Crippen LogP contribution in [-0.4, -0.2) is 17.9 Å². The van der Waals surface area contributed by atoms with Crippen LogP contribution in [-0.2, 0) is 4.79 Å². The number of rotatable bonds is 5. The lowest BCUT2D eigenvalue weighted by atomic mass is 10.0. The van der Waals surface area contributed by atoms with Gasteiger partial charge in [-0.1, -0.05) is 50.2 Å². The molecular weight excluding hydrogens is 288 g/mol. The van der Waals surface area contributed by atoms with Gasteiger partial charge in [0.1, 0.15) is 6.04 Å². The number of benzene rings is 2. The zero-order valence-corrected chi connectivity index (χ0v) is 13.7. The van der Waals surface area contributed by atoms with E-state index in [-0.39, 0.29) is 17.7 Å². The van der Waals surface area contributed by atoms with Crippen molar-refractivity contribution in [2.24, 2.45) is 5.92 Å². The lowest BCUT2D eigenvalue weighted by Gasteiger charge is -2.22. The van der Waals surface area contributed by atoms with E-state index in [4.69, 9.17) is 0 Å². The Hall–Kier alpha value is -2.62. The third-order valence-electron chi connectivity index (χ3n) is 3.67. The van der Waals surface area contributed by atoms with Crippen LogP contribution in [0.3, 0.4) is 0 Å². The Morgan fingerprint density at radius 3 is 2.13 bits per heavy atom. The third-order valence-corrected chi connectivity index (χ3v) is 3.67. The molecule has 2 rings (SSSR count). The summed E-state index contributed by atoms with van der Waals surface area (Å²) in [6.07, 6.45) is 0. The standard InChI is InChI=1S/C19H22N2O2/c1-13(2)17(21-18(22)15-10-5-4-6-11-15)19(23)20-16-12-8-7-9-14(16)3/h4-13,17H,1-3H3,(H,20,23)(H,21,22). The van der Waals surface area contributed by atoms with E-state index in [0.717, 1.165) is 11.3 Å². The second kappa shape index (κ2) is 7.58. The zero-order valence-electron chi connectivity index (χ0n) is 13.7. The molecule has 120 valence electrons. The van der Waals surface area contributed by atoms with Gasteiger partial charge in [-0.2, -0.15) is 0 Å². The highest BCUT2D eigenvalue weighted by Gasteiger charge is 2.25. The van der Waals surface area contributed by atoms with Gasteiger partial charge in [-0.15, -0.1) is 0 Å². The lowest BCUT2D eigenvalue weighted by Crippen LogP contribution is -2.47. The van der Waals surface area contributed by atoms with Crippen molar-refractivity contribution < 1.29 is 9.59 Å². The van der Waals surface area contributed by atoms with Crippen LogP contribution in [0.25, 0.3) is 0 Å². The molecule has 0 bridgehead atoms. The maximum absolute atomic E-state index is 12.5. The summed E-state index contributed by atoms with van der Waals surface area (Å²) < 4.78 is 0. The predicted octanol–water partition coefficient (Wildman–Crippen LogP) is 3.39. The maximum Gasteiger partial charge on any atom is 0.251 e. The molecule has 0 aromatic heterocycles. The zero-order chi connectivity index (χ0) is 16.8. The lowest BCUT2D eigenvalue weighted by molar-refractivity contribution is -0.118. The van der Waals surface area contributed by atoms with Crippen molar-refractivity contribution in [3.8, 4) is 0 Å². The Morgan fingerprint density at radius 1 is 0.913 bits per heavy atom. The SMILES string of the molecule is Cc1ccccc1NC(=O)C(NC(=O)c1ccccc1)C(C)C. The van der Waals surface area contributed by atoms with Crippen molar-refractivity contribution in [1.29, 1.82) is 0 Å². The minimum Gasteiger partial charge on any atom is -0.340 e. The van der Waals surface area contributed by atoms with Crippen LogP contribution < -0.4 is 10.6 Å². The molecule has 0 aliphatic carbocycles. The van der Waals surface area contributed by atoms with E-state index in [1.807, 2.05) is 51.1 Å². The van der Waals surface area contributed by atoms with Crippen LogP contribution in [0.5, 0.6) is 0 Å². The molecule has 1 atom stereocenters. The van der Waals surface area contributed by atoms with Crippen molar-refractivity contribution in [3.05, 3.63) is 65.7 Å². The Labute approximate surface area is 136 Å². The fourth-order valence-corrected chi connectivity index (χ4v) is 2.27. The number of aryl methyl sites for hydroxylation is 1. The summed E-state index contributed by atoms with van der Waals surface area (Å²) in [5.41, 5.74) is 2.29. The Kier molecular flexibility index (Phi) is 5.52. The second-order valence-corrected chi connectivity index (χ2v) is 5.87. The molecule has 4 nitrogen and oxygen atoms in total. The highest BCUT2D eigenvalue weighted by Crippen LogP contribution is 2.15. The summed E-state index contributed by atoms with van der Waals surface area (Å²) in [4.78, 5) is 24.8. The van der Waals surface area contributed by atoms with Crippen LogP contribution in [0.1, 0.15) is 29.8 Å². The molecule has 23 heavy (non-hydrogen) atoms. The van der Waals surface area contributed by atoms with Crippen LogP contribution in [0.15, 0.2) is 54.6 Å². The van der Waals surface area contributed by atoms with Crippen molar-refractivity contribution in [1.82, 2.24) is 5.32 Å². The predicted molar refractivity (Wildman–Crippen MR) is 92.3 cm³/mol. The monoisotopic (exact) mass is 310 g/mol. The smallest absolute Gasteiger partial charge is 0.251 e. The van der Waals surface area contributed by atoms with E-state index in [2.05, 4.69) is 10.6 Å². The molecule has 2 amide bonds. The summed E-state index contributed by atoms with van der Waals surface area (Å²) in [7, 11) is 0. The molecule has 0 radical (unpaired) electrons. The van der Waals surface area contributed by atoms with Crippen LogP contribution in [0.4, 0.5) is 5.69 Å². The van der Waals surface area contributed by atoms with Crippen LogP contribution >= 0.6 is 0 Å². The number of amides is 2. The summed E-state index contributed by atoms with van der Waals surface area (Å²) in [5, 5.41) is 5.72. The molecule has 0 saturated heterocycles. The maximum atomic E-state index is 12.5. The molecule has 0 aliphatic heterocycles. The molecule has 0 spiro atoms. The van der Waals surface area contributed by atoms with Crippen LogP contribution in [0, 0.1) is 12.8 Å². The molecule has 2 aromatic carbocycles. The number of hydrogen-bond donors (Lipinski definition) is 2. The molecule has 4 heteroatoms. The highest BCUT2D eigenvalue weighted by molar-refractivity contribution is 6.01. The van der Waals surface area contributed by atoms with Crippen molar-refractivity contribution in [3.63, 3.8) is 0 Å². The third kappa shape index (κ3) is 4.42. The first-order chi connectivity index (χ1) is 11.0. The van der Waals surface area contributed by atoms with E-state index in [9.17, 15) is 9.59 Å². The summed E-state index contributed by atoms with van der Waals surface area (Å²) in [6, 6.07) is 15.9. The van der Waals surface area contributed by atoms with E-state index in [1.165, 1.54) is 0 Å². The van der Waals surface area contributed by atoms with E-state index < -0.39 is 6.04 Å². The van der Waals surface area contributed by atoms with Gasteiger partial charge in [-0.3, -0.25) is 9.59 Å². The Bertz CT molecular complexity index is 681. The quantitative estimate of drug-likeness (QED) is 0.889. The molecule has 0 saturated carbocycles. The summed E-state index contributed by atoms with van der Waals surface area (Å²) in [5.74, 6) is -0.477. The normalized spacial score (nSPS) is 11.8. The van der Waals surface area contributed by atoms with Gasteiger partial charge in [-0.25, -0.2) is 0 Å². The van der Waals surface area contributed by atoms with Gasteiger partial charge in [0.2, 0.25) is 5.91 Å². The average molecular weight is 310 g/mol. The van der Waals surface area contributed by atoms with Gasteiger partial charge in [0.15, 0.2) is 0 Å². The average Bonchev–Trinajstić information content (AvgIpc) is 2.55. The molecule has 2 N–H and O–H groups in total.